The fraction of sp³-hybridized carbons (Fsp3) is 1.00. The quantitative estimate of drug-likeness (QED) is 0.524. The molecule has 3 heteroatoms. The molecular weight excluding hydrogens is 120 g/mol. The molecule has 0 saturated heterocycles. The first-order chi connectivity index (χ1) is 3.62. The minimum absolute atomic E-state index is 0.726. The Balaban J connectivity index is 3.37. The Morgan fingerprint density at radius 2 is 2.12 bits per heavy atom. The average molecular weight is 133 g/mol. The van der Waals surface area contributed by atoms with Gasteiger partial charge in [0.05, 0.1) is 8.56 Å². The molecule has 0 aliphatic carbocycles. The Morgan fingerprint density at radius 3 is 2.25 bits per heavy atom. The lowest BCUT2D eigenvalue weighted by atomic mass is 10.6. The molecule has 0 fully saturated rings. The summed E-state index contributed by atoms with van der Waals surface area (Å²) in [4.78, 5) is 11.0. The van der Waals surface area contributed by atoms with Crippen molar-refractivity contribution in [3.8, 4) is 0 Å². The Bertz CT molecular complexity index is 63.4. The fourth-order valence-corrected chi connectivity index (χ4v) is 1.67. The molecule has 0 aliphatic rings. The van der Waals surface area contributed by atoms with E-state index in [1.165, 1.54) is 7.11 Å². The molecule has 0 aromatic carbocycles. The van der Waals surface area contributed by atoms with Crippen LogP contribution < -0.4 is 4.80 Å². The molecule has 0 radical (unpaired) electrons. The lowest BCUT2D eigenvalue weighted by Crippen LogP contribution is -2.48. The van der Waals surface area contributed by atoms with Gasteiger partial charge in [0, 0.05) is 7.11 Å². The standard InChI is InChI=1S/C5H13O2Si/c1-4-5-8(3,6)7-2/h4-5H2,1-3H3/q-1. The normalized spacial score (nSPS) is 18.0. The molecule has 0 bridgehead atoms. The van der Waals surface area contributed by atoms with Gasteiger partial charge in [0.2, 0.25) is 0 Å². The topological polar surface area (TPSA) is 32.3 Å². The summed E-state index contributed by atoms with van der Waals surface area (Å²) in [6.07, 6.45) is 0.945. The van der Waals surface area contributed by atoms with Crippen molar-refractivity contribution in [2.45, 2.75) is 25.9 Å². The van der Waals surface area contributed by atoms with E-state index in [2.05, 4.69) is 0 Å². The third-order valence-corrected chi connectivity index (χ3v) is 3.41. The summed E-state index contributed by atoms with van der Waals surface area (Å²) >= 11 is 0. The van der Waals surface area contributed by atoms with Gasteiger partial charge < -0.3 is 9.22 Å². The van der Waals surface area contributed by atoms with Gasteiger partial charge in [-0.05, 0) is 6.04 Å². The van der Waals surface area contributed by atoms with Gasteiger partial charge >= 0.3 is 0 Å². The highest BCUT2D eigenvalue weighted by Gasteiger charge is 2.07. The van der Waals surface area contributed by atoms with E-state index in [-0.39, 0.29) is 0 Å². The summed E-state index contributed by atoms with van der Waals surface area (Å²) in [5.41, 5.74) is 0. The van der Waals surface area contributed by atoms with Crippen LogP contribution >= 0.6 is 0 Å². The second-order valence-corrected chi connectivity index (χ2v) is 5.26. The van der Waals surface area contributed by atoms with Crippen LogP contribution in [0.5, 0.6) is 0 Å². The molecule has 2 nitrogen and oxygen atoms in total. The number of hydrogen-bond donors (Lipinski definition) is 0. The van der Waals surface area contributed by atoms with E-state index in [0.29, 0.717) is 0 Å². The SMILES string of the molecule is CCC[Si](C)([O-])OC. The van der Waals surface area contributed by atoms with Gasteiger partial charge in [-0.25, -0.2) is 0 Å². The van der Waals surface area contributed by atoms with Crippen molar-refractivity contribution >= 4 is 8.56 Å². The molecule has 1 unspecified atom stereocenters. The zero-order valence-electron chi connectivity index (χ0n) is 5.73. The molecule has 0 N–H and O–H groups in total. The van der Waals surface area contributed by atoms with E-state index >= 15 is 0 Å². The zero-order valence-corrected chi connectivity index (χ0v) is 6.73. The number of rotatable bonds is 3. The second kappa shape index (κ2) is 3.22. The first kappa shape index (κ1) is 8.14. The maximum Gasteiger partial charge on any atom is 0.0960 e. The van der Waals surface area contributed by atoms with Crippen LogP contribution in [0.1, 0.15) is 13.3 Å². The molecule has 0 heterocycles. The van der Waals surface area contributed by atoms with Crippen LogP contribution in [0.4, 0.5) is 0 Å². The monoisotopic (exact) mass is 133 g/mol. The molecular formula is C5H13O2Si-. The zero-order chi connectivity index (χ0) is 6.62. The van der Waals surface area contributed by atoms with Crippen LogP contribution in [0.25, 0.3) is 0 Å². The largest absolute Gasteiger partial charge is 0.838 e. The van der Waals surface area contributed by atoms with Gasteiger partial charge in [-0.15, -0.1) is 0 Å². The van der Waals surface area contributed by atoms with E-state index in [0.717, 1.165) is 12.5 Å². The summed E-state index contributed by atoms with van der Waals surface area (Å²) in [5, 5.41) is 0. The smallest absolute Gasteiger partial charge is 0.0960 e. The van der Waals surface area contributed by atoms with Crippen LogP contribution in [0.15, 0.2) is 0 Å². The molecule has 0 spiro atoms. The maximum atomic E-state index is 11.0. The first-order valence-electron chi connectivity index (χ1n) is 2.88. The van der Waals surface area contributed by atoms with Crippen molar-refractivity contribution < 1.29 is 9.22 Å². The summed E-state index contributed by atoms with van der Waals surface area (Å²) in [6.45, 7) is 3.69. The minimum Gasteiger partial charge on any atom is -0.838 e. The molecule has 0 rings (SSSR count). The summed E-state index contributed by atoms with van der Waals surface area (Å²) in [6, 6.07) is 0.726. The third-order valence-electron chi connectivity index (χ3n) is 1.14. The number of hydrogen-bond acceptors (Lipinski definition) is 2. The van der Waals surface area contributed by atoms with Crippen molar-refractivity contribution in [2.24, 2.45) is 0 Å². The molecule has 0 aliphatic heterocycles. The second-order valence-electron chi connectivity index (χ2n) is 2.09. The highest BCUT2D eigenvalue weighted by molar-refractivity contribution is 6.62. The van der Waals surface area contributed by atoms with Gasteiger partial charge in [0.25, 0.3) is 0 Å². The Morgan fingerprint density at radius 1 is 1.62 bits per heavy atom. The van der Waals surface area contributed by atoms with Crippen LogP contribution in [0.3, 0.4) is 0 Å². The average Bonchev–Trinajstić information content (AvgIpc) is 1.67. The van der Waals surface area contributed by atoms with Crippen LogP contribution in [0.2, 0.25) is 12.6 Å². The van der Waals surface area contributed by atoms with E-state index in [9.17, 15) is 4.80 Å². The highest BCUT2D eigenvalue weighted by atomic mass is 28.4. The van der Waals surface area contributed by atoms with Crippen LogP contribution in [-0.4, -0.2) is 15.7 Å². The van der Waals surface area contributed by atoms with E-state index in [4.69, 9.17) is 4.43 Å². The van der Waals surface area contributed by atoms with Crippen molar-refractivity contribution in [3.63, 3.8) is 0 Å². The summed E-state index contributed by atoms with van der Waals surface area (Å²) in [5.74, 6) is 0. The van der Waals surface area contributed by atoms with E-state index < -0.39 is 8.56 Å². The minimum atomic E-state index is -2.43. The highest BCUT2D eigenvalue weighted by Crippen LogP contribution is 2.03. The predicted molar refractivity (Wildman–Crippen MR) is 33.7 cm³/mol. The molecule has 8 heavy (non-hydrogen) atoms. The summed E-state index contributed by atoms with van der Waals surface area (Å²) in [7, 11) is -0.918. The van der Waals surface area contributed by atoms with Crippen molar-refractivity contribution in [3.05, 3.63) is 0 Å². The Labute approximate surface area is 51.7 Å². The molecule has 0 aromatic heterocycles. The molecule has 1 atom stereocenters. The van der Waals surface area contributed by atoms with Gasteiger partial charge in [-0.2, -0.15) is 0 Å². The lowest BCUT2D eigenvalue weighted by Gasteiger charge is -2.31. The van der Waals surface area contributed by atoms with Crippen LogP contribution in [0, 0.1) is 0 Å². The van der Waals surface area contributed by atoms with Crippen molar-refractivity contribution in [1.29, 1.82) is 0 Å². The van der Waals surface area contributed by atoms with E-state index in [1.807, 2.05) is 6.92 Å². The van der Waals surface area contributed by atoms with Gasteiger partial charge in [0.1, 0.15) is 0 Å². The molecule has 0 aromatic rings. The molecule has 0 saturated carbocycles. The van der Waals surface area contributed by atoms with Crippen molar-refractivity contribution in [2.75, 3.05) is 7.11 Å². The third kappa shape index (κ3) is 3.18. The lowest BCUT2D eigenvalue weighted by molar-refractivity contribution is -0.235. The van der Waals surface area contributed by atoms with Gasteiger partial charge in [-0.3, -0.25) is 0 Å². The maximum absolute atomic E-state index is 11.0. The van der Waals surface area contributed by atoms with Gasteiger partial charge in [0.15, 0.2) is 0 Å². The first-order valence-corrected chi connectivity index (χ1v) is 5.40. The van der Waals surface area contributed by atoms with E-state index in [1.54, 1.807) is 6.55 Å². The van der Waals surface area contributed by atoms with Crippen LogP contribution in [-0.2, 0) is 4.43 Å². The van der Waals surface area contributed by atoms with Gasteiger partial charge in [-0.1, -0.05) is 19.9 Å². The molecule has 0 amide bonds. The van der Waals surface area contributed by atoms with Crippen molar-refractivity contribution in [1.82, 2.24) is 0 Å². The summed E-state index contributed by atoms with van der Waals surface area (Å²) < 4.78 is 4.76. The predicted octanol–water partition coefficient (Wildman–Crippen LogP) is 0.475. The fourth-order valence-electron chi connectivity index (χ4n) is 0.556. The Kier molecular flexibility index (Phi) is 3.27. The molecule has 50 valence electrons. The Hall–Kier alpha value is 0.137.